The summed E-state index contributed by atoms with van der Waals surface area (Å²) >= 11 is 0. The minimum atomic E-state index is -1.48. The predicted octanol–water partition coefficient (Wildman–Crippen LogP) is 5.84. The molecule has 1 saturated carbocycles. The summed E-state index contributed by atoms with van der Waals surface area (Å²) < 4.78 is 0. The van der Waals surface area contributed by atoms with Gasteiger partial charge in [0.15, 0.2) is 0 Å². The van der Waals surface area contributed by atoms with Crippen LogP contribution >= 0.6 is 0 Å². The minimum Gasteiger partial charge on any atom is -0.300 e. The van der Waals surface area contributed by atoms with Crippen molar-refractivity contribution in [3.8, 4) is 0 Å². The molecule has 0 unspecified atom stereocenters. The molecule has 0 saturated heterocycles. The molecule has 0 amide bonds. The van der Waals surface area contributed by atoms with Crippen LogP contribution in [0.5, 0.6) is 0 Å². The molecule has 0 N–H and O–H groups in total. The SMILES string of the molecule is CC(=O)[C@@H]1C[C@H]2CC=C[C@@H]1[C@@H]2[Si](C(C)C)(C(C)C)C(C)C. The maximum atomic E-state index is 12.2. The van der Waals surface area contributed by atoms with Crippen LogP contribution in [0.1, 0.15) is 61.3 Å². The topological polar surface area (TPSA) is 17.1 Å². The summed E-state index contributed by atoms with van der Waals surface area (Å²) in [6, 6.07) is 0. The van der Waals surface area contributed by atoms with Crippen LogP contribution in [-0.2, 0) is 4.79 Å². The highest BCUT2D eigenvalue weighted by molar-refractivity contribution is 6.85. The molecule has 0 spiro atoms. The Morgan fingerprint density at radius 3 is 2.00 bits per heavy atom. The van der Waals surface area contributed by atoms with E-state index >= 15 is 0 Å². The molecule has 1 fully saturated rings. The van der Waals surface area contributed by atoms with Crippen LogP contribution < -0.4 is 0 Å². The predicted molar refractivity (Wildman–Crippen MR) is 94.3 cm³/mol. The second-order valence-corrected chi connectivity index (χ2v) is 14.6. The Kier molecular flexibility index (Phi) is 4.87. The second kappa shape index (κ2) is 6.02. The Balaban J connectivity index is 2.51. The van der Waals surface area contributed by atoms with E-state index in [0.29, 0.717) is 17.6 Å². The van der Waals surface area contributed by atoms with E-state index in [2.05, 4.69) is 53.7 Å². The first kappa shape index (κ1) is 17.0. The molecular formula is C19H34OSi. The Morgan fingerprint density at radius 2 is 1.57 bits per heavy atom. The monoisotopic (exact) mass is 306 g/mol. The van der Waals surface area contributed by atoms with Crippen molar-refractivity contribution in [1.29, 1.82) is 0 Å². The quantitative estimate of drug-likeness (QED) is 0.461. The zero-order valence-electron chi connectivity index (χ0n) is 15.0. The highest BCUT2D eigenvalue weighted by atomic mass is 28.3. The van der Waals surface area contributed by atoms with E-state index in [1.165, 1.54) is 6.42 Å². The summed E-state index contributed by atoms with van der Waals surface area (Å²) in [6.07, 6.45) is 7.16. The molecule has 4 atom stereocenters. The molecule has 1 nitrogen and oxygen atoms in total. The molecule has 0 aromatic carbocycles. The Hall–Kier alpha value is -0.373. The van der Waals surface area contributed by atoms with Crippen molar-refractivity contribution < 1.29 is 4.79 Å². The third-order valence-electron chi connectivity index (χ3n) is 6.84. The number of allylic oxidation sites excluding steroid dienone is 2. The van der Waals surface area contributed by atoms with Crippen LogP contribution in [0, 0.1) is 17.8 Å². The van der Waals surface area contributed by atoms with Gasteiger partial charge in [0, 0.05) is 5.92 Å². The molecule has 0 aliphatic heterocycles. The average molecular weight is 307 g/mol. The first-order valence-electron chi connectivity index (χ1n) is 8.91. The standard InChI is InChI=1S/C19H34OSi/c1-12(2)21(13(3)4,14(5)6)19-16-9-8-10-17(19)18(11-16)15(7)20/h8,10,12-14,16-19H,9,11H2,1-7H3/t16-,17+,18+,19-/m1/s1. The van der Waals surface area contributed by atoms with Gasteiger partial charge in [0.25, 0.3) is 0 Å². The zero-order chi connectivity index (χ0) is 15.9. The van der Waals surface area contributed by atoms with Gasteiger partial charge in [-0.15, -0.1) is 0 Å². The molecule has 0 aromatic rings. The maximum absolute atomic E-state index is 12.2. The molecule has 2 rings (SSSR count). The van der Waals surface area contributed by atoms with Crippen LogP contribution in [0.3, 0.4) is 0 Å². The van der Waals surface area contributed by atoms with Crippen molar-refractivity contribution in [3.05, 3.63) is 12.2 Å². The van der Waals surface area contributed by atoms with Gasteiger partial charge in [0.05, 0.1) is 8.07 Å². The molecule has 2 aliphatic carbocycles. The molecular weight excluding hydrogens is 272 g/mol. The van der Waals surface area contributed by atoms with Crippen LogP contribution in [-0.4, -0.2) is 13.9 Å². The van der Waals surface area contributed by atoms with Gasteiger partial charge in [-0.05, 0) is 37.1 Å². The van der Waals surface area contributed by atoms with E-state index in [-0.39, 0.29) is 0 Å². The normalized spacial score (nSPS) is 32.5. The van der Waals surface area contributed by atoms with Crippen LogP contribution in [0.4, 0.5) is 0 Å². The zero-order valence-corrected chi connectivity index (χ0v) is 16.0. The molecule has 0 heterocycles. The van der Waals surface area contributed by atoms with E-state index in [0.717, 1.165) is 34.5 Å². The molecule has 0 aromatic heterocycles. The number of hydrogen-bond donors (Lipinski definition) is 0. The fourth-order valence-corrected chi connectivity index (χ4v) is 14.8. The third-order valence-corrected chi connectivity index (χ3v) is 14.9. The van der Waals surface area contributed by atoms with Crippen LogP contribution in [0.15, 0.2) is 12.2 Å². The smallest absolute Gasteiger partial charge is 0.133 e. The minimum absolute atomic E-state index is 0.307. The van der Waals surface area contributed by atoms with Crippen molar-refractivity contribution in [1.82, 2.24) is 0 Å². The van der Waals surface area contributed by atoms with E-state index < -0.39 is 8.07 Å². The molecule has 2 heteroatoms. The average Bonchev–Trinajstić information content (AvgIpc) is 2.57. The van der Waals surface area contributed by atoms with Crippen molar-refractivity contribution in [3.63, 3.8) is 0 Å². The van der Waals surface area contributed by atoms with Gasteiger partial charge in [0.2, 0.25) is 0 Å². The second-order valence-electron chi connectivity index (χ2n) is 8.44. The molecule has 21 heavy (non-hydrogen) atoms. The van der Waals surface area contributed by atoms with Gasteiger partial charge in [-0.3, -0.25) is 4.79 Å². The first-order chi connectivity index (χ1) is 9.74. The van der Waals surface area contributed by atoms with Gasteiger partial charge in [-0.1, -0.05) is 70.3 Å². The van der Waals surface area contributed by atoms with Gasteiger partial charge < -0.3 is 0 Å². The van der Waals surface area contributed by atoms with Crippen molar-refractivity contribution in [2.24, 2.45) is 17.8 Å². The largest absolute Gasteiger partial charge is 0.300 e. The summed E-state index contributed by atoms with van der Waals surface area (Å²) in [6.45, 7) is 16.6. The van der Waals surface area contributed by atoms with Crippen LogP contribution in [0.2, 0.25) is 22.2 Å². The Bertz CT molecular complexity index is 400. The number of rotatable bonds is 5. The van der Waals surface area contributed by atoms with E-state index in [1.807, 2.05) is 6.92 Å². The fraction of sp³-hybridized carbons (Fsp3) is 0.842. The summed E-state index contributed by atoms with van der Waals surface area (Å²) in [5, 5.41) is 0. The Morgan fingerprint density at radius 1 is 1.05 bits per heavy atom. The van der Waals surface area contributed by atoms with Gasteiger partial charge in [-0.25, -0.2) is 0 Å². The van der Waals surface area contributed by atoms with Gasteiger partial charge in [0.1, 0.15) is 5.78 Å². The lowest BCUT2D eigenvalue weighted by Gasteiger charge is -2.52. The van der Waals surface area contributed by atoms with Gasteiger partial charge >= 0.3 is 0 Å². The highest BCUT2D eigenvalue weighted by Crippen LogP contribution is 2.63. The fourth-order valence-electron chi connectivity index (χ4n) is 6.43. The first-order valence-corrected chi connectivity index (χ1v) is 11.2. The Labute approximate surface area is 132 Å². The number of fused-ring (bicyclic) bond motifs is 2. The van der Waals surface area contributed by atoms with E-state index in [4.69, 9.17) is 0 Å². The summed E-state index contributed by atoms with van der Waals surface area (Å²) in [7, 11) is -1.48. The number of carbonyl (C=O) groups excluding carboxylic acids is 1. The maximum Gasteiger partial charge on any atom is 0.133 e. The molecule has 0 radical (unpaired) electrons. The lowest BCUT2D eigenvalue weighted by atomic mass is 9.90. The molecule has 120 valence electrons. The van der Waals surface area contributed by atoms with E-state index in [9.17, 15) is 4.79 Å². The van der Waals surface area contributed by atoms with E-state index in [1.54, 1.807) is 0 Å². The number of ketones is 1. The molecule has 2 bridgehead atoms. The van der Waals surface area contributed by atoms with Crippen molar-refractivity contribution in [2.45, 2.75) is 83.5 Å². The van der Waals surface area contributed by atoms with Crippen molar-refractivity contribution in [2.75, 3.05) is 0 Å². The number of carbonyl (C=O) groups is 1. The summed E-state index contributed by atoms with van der Waals surface area (Å²) in [4.78, 5) is 12.2. The lowest BCUT2D eigenvalue weighted by molar-refractivity contribution is -0.121. The third kappa shape index (κ3) is 2.48. The number of Topliss-reactive ketones (excluding diaryl/α,β-unsaturated/α-hetero) is 1. The van der Waals surface area contributed by atoms with Crippen molar-refractivity contribution >= 4 is 13.9 Å². The summed E-state index contributed by atoms with van der Waals surface area (Å²) in [5.74, 6) is 2.05. The summed E-state index contributed by atoms with van der Waals surface area (Å²) in [5.41, 5.74) is 3.20. The van der Waals surface area contributed by atoms with Crippen LogP contribution in [0.25, 0.3) is 0 Å². The lowest BCUT2D eigenvalue weighted by Crippen LogP contribution is -2.52. The van der Waals surface area contributed by atoms with Gasteiger partial charge in [-0.2, -0.15) is 0 Å². The number of hydrogen-bond acceptors (Lipinski definition) is 1. The molecule has 2 aliphatic rings. The highest BCUT2D eigenvalue weighted by Gasteiger charge is 2.58.